The van der Waals surface area contributed by atoms with Crippen molar-refractivity contribution in [2.75, 3.05) is 0 Å². The monoisotopic (exact) mass is 287 g/mol. The van der Waals surface area contributed by atoms with Crippen LogP contribution in [0.4, 0.5) is 0 Å². The third-order valence-corrected chi connectivity index (χ3v) is 5.56. The third-order valence-electron chi connectivity index (χ3n) is 5.56. The Morgan fingerprint density at radius 2 is 1.76 bits per heavy atom. The molecule has 21 heavy (non-hydrogen) atoms. The van der Waals surface area contributed by atoms with Gasteiger partial charge in [0.05, 0.1) is 0 Å². The first kappa shape index (κ1) is 15.1. The van der Waals surface area contributed by atoms with Gasteiger partial charge in [0.15, 0.2) is 0 Å². The van der Waals surface area contributed by atoms with E-state index in [0.29, 0.717) is 12.0 Å². The molecule has 2 N–H and O–H groups in total. The molecule has 2 aliphatic rings. The quantitative estimate of drug-likeness (QED) is 0.885. The number of aliphatic hydroxyl groups is 1. The molecule has 1 aromatic rings. The van der Waals surface area contributed by atoms with Crippen LogP contribution in [-0.2, 0) is 5.60 Å². The molecular formula is C19H29NO. The van der Waals surface area contributed by atoms with Crippen molar-refractivity contribution in [2.45, 2.75) is 70.1 Å². The van der Waals surface area contributed by atoms with Gasteiger partial charge in [0.1, 0.15) is 5.60 Å². The molecule has 2 heteroatoms. The Kier molecular flexibility index (Phi) is 4.37. The molecule has 2 saturated carbocycles. The fourth-order valence-electron chi connectivity index (χ4n) is 4.56. The van der Waals surface area contributed by atoms with Crippen molar-refractivity contribution in [2.24, 2.45) is 11.8 Å². The lowest BCUT2D eigenvalue weighted by Crippen LogP contribution is -2.56. The highest BCUT2D eigenvalue weighted by atomic mass is 16.3. The van der Waals surface area contributed by atoms with E-state index in [2.05, 4.69) is 31.3 Å². The van der Waals surface area contributed by atoms with Crippen molar-refractivity contribution >= 4 is 0 Å². The molecule has 1 aromatic carbocycles. The van der Waals surface area contributed by atoms with Gasteiger partial charge in [-0.05, 0) is 30.2 Å². The first-order valence-electron chi connectivity index (χ1n) is 8.63. The Labute approximate surface area is 129 Å². The molecule has 0 amide bonds. The van der Waals surface area contributed by atoms with Crippen LogP contribution in [0.15, 0.2) is 30.3 Å². The summed E-state index contributed by atoms with van der Waals surface area (Å²) in [5, 5.41) is 15.2. The van der Waals surface area contributed by atoms with E-state index in [1.54, 1.807) is 0 Å². The van der Waals surface area contributed by atoms with Gasteiger partial charge in [-0.2, -0.15) is 0 Å². The van der Waals surface area contributed by atoms with Crippen LogP contribution in [0.25, 0.3) is 0 Å². The summed E-state index contributed by atoms with van der Waals surface area (Å²) in [6.45, 7) is 4.36. The second-order valence-corrected chi connectivity index (χ2v) is 7.41. The van der Waals surface area contributed by atoms with E-state index < -0.39 is 5.60 Å². The second kappa shape index (κ2) is 6.10. The van der Waals surface area contributed by atoms with E-state index in [1.165, 1.54) is 25.7 Å². The normalized spacial score (nSPS) is 36.5. The predicted molar refractivity (Wildman–Crippen MR) is 87.1 cm³/mol. The molecule has 2 fully saturated rings. The van der Waals surface area contributed by atoms with Crippen molar-refractivity contribution in [1.82, 2.24) is 5.32 Å². The van der Waals surface area contributed by atoms with Gasteiger partial charge in [0.25, 0.3) is 0 Å². The van der Waals surface area contributed by atoms with Crippen LogP contribution >= 0.6 is 0 Å². The van der Waals surface area contributed by atoms with Gasteiger partial charge >= 0.3 is 0 Å². The van der Waals surface area contributed by atoms with Crippen molar-refractivity contribution < 1.29 is 5.11 Å². The molecule has 0 aromatic heterocycles. The Hall–Kier alpha value is -0.860. The predicted octanol–water partition coefficient (Wildman–Crippen LogP) is 3.84. The molecule has 0 saturated heterocycles. The molecule has 4 atom stereocenters. The number of rotatable bonds is 3. The van der Waals surface area contributed by atoms with Gasteiger partial charge in [-0.3, -0.25) is 0 Å². The molecule has 0 bridgehead atoms. The van der Waals surface area contributed by atoms with Gasteiger partial charge in [0, 0.05) is 12.1 Å². The first-order valence-corrected chi connectivity index (χ1v) is 8.63. The molecule has 0 radical (unpaired) electrons. The van der Waals surface area contributed by atoms with Crippen LogP contribution in [0.2, 0.25) is 0 Å². The Balaban J connectivity index is 1.90. The zero-order valence-corrected chi connectivity index (χ0v) is 13.4. The van der Waals surface area contributed by atoms with Gasteiger partial charge in [-0.25, -0.2) is 0 Å². The fourth-order valence-corrected chi connectivity index (χ4v) is 4.56. The molecule has 116 valence electrons. The highest BCUT2D eigenvalue weighted by Gasteiger charge is 2.47. The summed E-state index contributed by atoms with van der Waals surface area (Å²) in [6, 6.07) is 10.9. The summed E-state index contributed by atoms with van der Waals surface area (Å²) in [7, 11) is 0. The van der Waals surface area contributed by atoms with Crippen LogP contribution < -0.4 is 5.32 Å². The maximum absolute atomic E-state index is 11.5. The molecule has 2 nitrogen and oxygen atoms in total. The van der Waals surface area contributed by atoms with Crippen LogP contribution in [0.3, 0.4) is 0 Å². The lowest BCUT2D eigenvalue weighted by atomic mass is 9.62. The maximum Gasteiger partial charge on any atom is 0.105 e. The summed E-state index contributed by atoms with van der Waals surface area (Å²) >= 11 is 0. The van der Waals surface area contributed by atoms with Crippen LogP contribution in [0.5, 0.6) is 0 Å². The van der Waals surface area contributed by atoms with Gasteiger partial charge in [0.2, 0.25) is 0 Å². The van der Waals surface area contributed by atoms with Crippen LogP contribution in [0, 0.1) is 11.8 Å². The molecule has 0 spiro atoms. The number of hydrogen-bond acceptors (Lipinski definition) is 2. The minimum absolute atomic E-state index is 0.180. The molecular weight excluding hydrogens is 258 g/mol. The van der Waals surface area contributed by atoms with E-state index in [0.717, 1.165) is 24.3 Å². The van der Waals surface area contributed by atoms with Gasteiger partial charge in [-0.1, -0.05) is 69.9 Å². The van der Waals surface area contributed by atoms with Crippen molar-refractivity contribution in [3.63, 3.8) is 0 Å². The van der Waals surface area contributed by atoms with E-state index in [1.807, 2.05) is 18.2 Å². The molecule has 3 rings (SSSR count). The van der Waals surface area contributed by atoms with Crippen molar-refractivity contribution in [1.29, 1.82) is 0 Å². The largest absolute Gasteiger partial charge is 0.384 e. The minimum Gasteiger partial charge on any atom is -0.384 e. The fraction of sp³-hybridized carbons (Fsp3) is 0.684. The summed E-state index contributed by atoms with van der Waals surface area (Å²) < 4.78 is 0. The minimum atomic E-state index is -0.704. The van der Waals surface area contributed by atoms with E-state index in [4.69, 9.17) is 0 Å². The highest BCUT2D eigenvalue weighted by molar-refractivity contribution is 5.26. The Bertz CT molecular complexity index is 458. The number of nitrogens with one attached hydrogen (secondary N) is 1. The van der Waals surface area contributed by atoms with E-state index in [9.17, 15) is 5.11 Å². The maximum atomic E-state index is 11.5. The molecule has 0 heterocycles. The number of fused-ring (bicyclic) bond motifs is 1. The number of benzene rings is 1. The third kappa shape index (κ3) is 3.02. The summed E-state index contributed by atoms with van der Waals surface area (Å²) in [6.07, 6.45) is 7.41. The molecule has 0 aliphatic heterocycles. The van der Waals surface area contributed by atoms with Crippen LogP contribution in [0.1, 0.15) is 57.9 Å². The number of hydrogen-bond donors (Lipinski definition) is 2. The Morgan fingerprint density at radius 1 is 1.10 bits per heavy atom. The van der Waals surface area contributed by atoms with Crippen molar-refractivity contribution in [3.05, 3.63) is 35.9 Å². The van der Waals surface area contributed by atoms with E-state index in [-0.39, 0.29) is 6.04 Å². The average Bonchev–Trinajstić information content (AvgIpc) is 2.48. The van der Waals surface area contributed by atoms with Gasteiger partial charge < -0.3 is 10.4 Å². The zero-order chi connectivity index (χ0) is 14.9. The smallest absolute Gasteiger partial charge is 0.105 e. The SMILES string of the molecule is CC(C)N[C@@H]1C[C@@H]2CCCC[C@H]2C[C@@]1(O)c1ccccc1. The standard InChI is InChI=1S/C19H29NO/c1-14(2)20-18-12-15-8-6-7-9-16(15)13-19(18,21)17-10-4-3-5-11-17/h3-5,10-11,14-16,18,20-21H,6-9,12-13H2,1-2H3/t15-,16-,18+,19+/m0/s1. The average molecular weight is 287 g/mol. The molecule has 0 unspecified atom stereocenters. The summed E-state index contributed by atoms with van der Waals surface area (Å²) in [5.74, 6) is 1.51. The molecule has 2 aliphatic carbocycles. The van der Waals surface area contributed by atoms with Gasteiger partial charge in [-0.15, -0.1) is 0 Å². The highest BCUT2D eigenvalue weighted by Crippen LogP contribution is 2.48. The topological polar surface area (TPSA) is 32.3 Å². The van der Waals surface area contributed by atoms with Crippen molar-refractivity contribution in [3.8, 4) is 0 Å². The lowest BCUT2D eigenvalue weighted by molar-refractivity contribution is -0.0798. The summed E-state index contributed by atoms with van der Waals surface area (Å²) in [4.78, 5) is 0. The Morgan fingerprint density at radius 3 is 2.43 bits per heavy atom. The lowest BCUT2D eigenvalue weighted by Gasteiger charge is -2.50. The second-order valence-electron chi connectivity index (χ2n) is 7.41. The van der Waals surface area contributed by atoms with E-state index >= 15 is 0 Å². The first-order chi connectivity index (χ1) is 10.1. The zero-order valence-electron chi connectivity index (χ0n) is 13.4. The summed E-state index contributed by atoms with van der Waals surface area (Å²) in [5.41, 5.74) is 0.386. The van der Waals surface area contributed by atoms with Crippen LogP contribution in [-0.4, -0.2) is 17.2 Å².